The molecule has 1 aromatic heterocycles. The molecule has 1 fully saturated rings. The maximum atomic E-state index is 13.3. The van der Waals surface area contributed by atoms with Crippen LogP contribution in [0.25, 0.3) is 21.8 Å². The third kappa shape index (κ3) is 5.62. The van der Waals surface area contributed by atoms with Gasteiger partial charge < -0.3 is 24.1 Å². The lowest BCUT2D eigenvalue weighted by atomic mass is 10.0. The average molecular weight is 577 g/mol. The molecule has 0 spiro atoms. The highest BCUT2D eigenvalue weighted by Crippen LogP contribution is 2.35. The van der Waals surface area contributed by atoms with Gasteiger partial charge in [-0.05, 0) is 48.4 Å². The first-order valence-corrected chi connectivity index (χ1v) is 12.8. The van der Waals surface area contributed by atoms with E-state index in [1.807, 2.05) is 13.8 Å². The van der Waals surface area contributed by atoms with Gasteiger partial charge in [0.05, 0.1) is 24.2 Å². The quantitative estimate of drug-likeness (QED) is 0.334. The van der Waals surface area contributed by atoms with Crippen LogP contribution >= 0.6 is 13.5 Å². The second-order valence-corrected chi connectivity index (χ2v) is 10.5. The number of nitrogens with zero attached hydrogens (tertiary/aromatic N) is 2. The monoisotopic (exact) mass is 576 g/mol. The second kappa shape index (κ2) is 10.9. The number of halogens is 3. The van der Waals surface area contributed by atoms with Crippen molar-refractivity contribution in [2.24, 2.45) is 5.92 Å². The van der Waals surface area contributed by atoms with Crippen molar-refractivity contribution in [2.75, 3.05) is 13.7 Å². The van der Waals surface area contributed by atoms with Crippen LogP contribution in [-0.2, 0) is 19.6 Å². The van der Waals surface area contributed by atoms with Crippen LogP contribution in [0, 0.1) is 5.92 Å². The van der Waals surface area contributed by atoms with Crippen molar-refractivity contribution in [1.29, 1.82) is 0 Å². The topological polar surface area (TPSA) is 131 Å². The van der Waals surface area contributed by atoms with Gasteiger partial charge >= 0.3 is 21.7 Å². The van der Waals surface area contributed by atoms with E-state index in [4.69, 9.17) is 0 Å². The molecule has 2 heterocycles. The van der Waals surface area contributed by atoms with Crippen LogP contribution in [0.3, 0.4) is 0 Å². The molecular formula is C23H27F3N4O6S2. The summed E-state index contributed by atoms with van der Waals surface area (Å²) in [7, 11) is -4.58. The van der Waals surface area contributed by atoms with Gasteiger partial charge in [-0.25, -0.2) is 9.78 Å². The number of rotatable bonds is 6. The highest BCUT2D eigenvalue weighted by Gasteiger charge is 2.48. The van der Waals surface area contributed by atoms with E-state index in [1.165, 1.54) is 19.2 Å². The first-order valence-electron chi connectivity index (χ1n) is 11.4. The molecule has 10 nitrogen and oxygen atoms in total. The largest absolute Gasteiger partial charge is 0.534 e. The number of amides is 2. The van der Waals surface area contributed by atoms with Crippen molar-refractivity contribution in [3.05, 3.63) is 36.2 Å². The van der Waals surface area contributed by atoms with Crippen LogP contribution in [0.4, 0.5) is 18.0 Å². The summed E-state index contributed by atoms with van der Waals surface area (Å²) >= 11 is 0. The summed E-state index contributed by atoms with van der Waals surface area (Å²) in [5.41, 5.74) is -4.41. The molecule has 38 heavy (non-hydrogen) atoms. The number of fused-ring (bicyclic) bond motifs is 3. The van der Waals surface area contributed by atoms with Crippen molar-refractivity contribution in [3.63, 3.8) is 0 Å². The van der Waals surface area contributed by atoms with E-state index in [0.29, 0.717) is 40.6 Å². The predicted molar refractivity (Wildman–Crippen MR) is 137 cm³/mol. The number of methoxy groups -OCH3 is 1. The Hall–Kier alpha value is -3.20. The van der Waals surface area contributed by atoms with Crippen LogP contribution in [0.2, 0.25) is 0 Å². The normalized spacial score (nSPS) is 16.9. The number of alkyl halides is 3. The summed E-state index contributed by atoms with van der Waals surface area (Å²) in [4.78, 5) is 34.7. The van der Waals surface area contributed by atoms with Crippen molar-refractivity contribution in [3.8, 4) is 5.75 Å². The minimum atomic E-state index is -5.80. The van der Waals surface area contributed by atoms with Gasteiger partial charge in [0.1, 0.15) is 17.6 Å². The predicted octanol–water partition coefficient (Wildman–Crippen LogP) is 4.10. The van der Waals surface area contributed by atoms with Crippen LogP contribution in [0.1, 0.15) is 38.6 Å². The van der Waals surface area contributed by atoms with E-state index < -0.39 is 33.5 Å². The van der Waals surface area contributed by atoms with E-state index in [1.54, 1.807) is 17.0 Å². The fourth-order valence-corrected chi connectivity index (χ4v) is 4.83. The molecule has 0 saturated carbocycles. The summed E-state index contributed by atoms with van der Waals surface area (Å²) in [6, 6.07) is 5.82. The van der Waals surface area contributed by atoms with Gasteiger partial charge in [0.15, 0.2) is 0 Å². The van der Waals surface area contributed by atoms with Gasteiger partial charge in [-0.1, -0.05) is 19.9 Å². The smallest absolute Gasteiger partial charge is 0.453 e. The van der Waals surface area contributed by atoms with Crippen LogP contribution in [0.5, 0.6) is 5.75 Å². The molecule has 1 aliphatic heterocycles. The van der Waals surface area contributed by atoms with Crippen LogP contribution in [0.15, 0.2) is 30.3 Å². The molecule has 2 unspecified atom stereocenters. The van der Waals surface area contributed by atoms with E-state index in [0.717, 1.165) is 12.5 Å². The van der Waals surface area contributed by atoms with E-state index in [2.05, 4.69) is 24.2 Å². The van der Waals surface area contributed by atoms with Crippen molar-refractivity contribution in [1.82, 2.24) is 20.2 Å². The molecule has 2 atom stereocenters. The average Bonchev–Trinajstić information content (AvgIpc) is 3.47. The number of carbonyl (C=O) groups is 2. The molecule has 1 saturated heterocycles. The number of benzene rings is 2. The molecule has 1 aliphatic rings. The molecule has 3 aromatic rings. The number of H-pyrrole nitrogens is 1. The maximum absolute atomic E-state index is 13.3. The SMILES string of the molecule is COC(=O)NC(C(=O)N1CCCC1c1nc2c(ccc3cc(OS(=O)(=O)C(F)(F)F)ccc32)[nH]1)C(C)C.S. The van der Waals surface area contributed by atoms with Gasteiger partial charge in [-0.2, -0.15) is 35.1 Å². The number of alkyl carbamates (subject to hydrolysis) is 1. The molecule has 208 valence electrons. The summed E-state index contributed by atoms with van der Waals surface area (Å²) < 4.78 is 69.6. The molecule has 2 aromatic carbocycles. The molecule has 0 aliphatic carbocycles. The Bertz CT molecular complexity index is 1460. The first kappa shape index (κ1) is 29.4. The summed E-state index contributed by atoms with van der Waals surface area (Å²) in [5.74, 6) is -0.412. The fourth-order valence-electron chi connectivity index (χ4n) is 4.38. The Labute approximate surface area is 223 Å². The maximum Gasteiger partial charge on any atom is 0.534 e. The molecular weight excluding hydrogens is 549 g/mol. The summed E-state index contributed by atoms with van der Waals surface area (Å²) in [6.45, 7) is 4.10. The minimum absolute atomic E-state index is 0. The van der Waals surface area contributed by atoms with Gasteiger partial charge in [0.25, 0.3) is 0 Å². The first-order chi connectivity index (χ1) is 17.3. The third-order valence-corrected chi connectivity index (χ3v) is 7.17. The van der Waals surface area contributed by atoms with E-state index >= 15 is 0 Å². The number of carbonyl (C=O) groups excluding carboxylic acids is 2. The molecule has 2 N–H and O–H groups in total. The Morgan fingerprint density at radius 1 is 1.21 bits per heavy atom. The number of hydrogen-bond acceptors (Lipinski definition) is 7. The number of imidazole rings is 1. The van der Waals surface area contributed by atoms with Gasteiger partial charge in [0.2, 0.25) is 5.91 Å². The zero-order chi connectivity index (χ0) is 27.1. The number of aromatic amines is 1. The zero-order valence-corrected chi connectivity index (χ0v) is 22.4. The van der Waals surface area contributed by atoms with Crippen molar-refractivity contribution in [2.45, 2.75) is 44.3 Å². The molecule has 15 heteroatoms. The Kier molecular flexibility index (Phi) is 8.41. The number of aromatic nitrogens is 2. The number of hydrogen-bond donors (Lipinski definition) is 2. The number of likely N-dealkylation sites (tertiary alicyclic amines) is 1. The zero-order valence-electron chi connectivity index (χ0n) is 20.6. The molecule has 0 bridgehead atoms. The molecule has 4 rings (SSSR count). The van der Waals surface area contributed by atoms with E-state index in [-0.39, 0.29) is 31.4 Å². The van der Waals surface area contributed by atoms with Crippen LogP contribution < -0.4 is 9.50 Å². The van der Waals surface area contributed by atoms with Gasteiger partial charge in [-0.15, -0.1) is 0 Å². The van der Waals surface area contributed by atoms with Gasteiger partial charge in [-0.3, -0.25) is 4.79 Å². The number of nitrogens with one attached hydrogen (secondary N) is 2. The highest BCUT2D eigenvalue weighted by molar-refractivity contribution is 7.88. The molecule has 2 amide bonds. The Balaban J connectivity index is 0.00000400. The molecule has 0 radical (unpaired) electrons. The van der Waals surface area contributed by atoms with Crippen molar-refractivity contribution < 1.29 is 40.1 Å². The minimum Gasteiger partial charge on any atom is -0.453 e. The lowest BCUT2D eigenvalue weighted by Crippen LogP contribution is -2.51. The lowest BCUT2D eigenvalue weighted by Gasteiger charge is -2.29. The third-order valence-electron chi connectivity index (χ3n) is 6.19. The number of ether oxygens (including phenoxy) is 1. The summed E-state index contributed by atoms with van der Waals surface area (Å²) in [5, 5.41) is 3.56. The Morgan fingerprint density at radius 3 is 2.55 bits per heavy atom. The Morgan fingerprint density at radius 2 is 1.92 bits per heavy atom. The lowest BCUT2D eigenvalue weighted by molar-refractivity contribution is -0.135. The van der Waals surface area contributed by atoms with Crippen LogP contribution in [-0.4, -0.2) is 60.5 Å². The van der Waals surface area contributed by atoms with E-state index in [9.17, 15) is 31.2 Å². The second-order valence-electron chi connectivity index (χ2n) is 9.00. The standard InChI is InChI=1S/C23H25F3N4O6S.H2S/c1-12(2)18(29-22(32)35-3)21(31)30-10-4-5-17(30)20-27-16-9-6-13-11-14(7-8-15(13)19(16)28-20)36-37(33,34)23(24,25)26;/h6-9,11-12,17-18H,4-5,10H2,1-3H3,(H,27,28)(H,29,32);1H2. The van der Waals surface area contributed by atoms with Gasteiger partial charge in [0, 0.05) is 11.9 Å². The fraction of sp³-hybridized carbons (Fsp3) is 0.435. The van der Waals surface area contributed by atoms with Crippen molar-refractivity contribution >= 4 is 57.4 Å². The highest BCUT2D eigenvalue weighted by atomic mass is 32.2. The summed E-state index contributed by atoms with van der Waals surface area (Å²) in [6.07, 6.45) is 0.662.